The van der Waals surface area contributed by atoms with Crippen LogP contribution in [-0.2, 0) is 13.0 Å². The highest BCUT2D eigenvalue weighted by molar-refractivity contribution is 6.30. The van der Waals surface area contributed by atoms with Crippen LogP contribution in [0.2, 0.25) is 5.02 Å². The Balaban J connectivity index is 1.45. The molecule has 0 bridgehead atoms. The number of halogens is 1. The topological polar surface area (TPSA) is 79.5 Å². The predicted molar refractivity (Wildman–Crippen MR) is 111 cm³/mol. The van der Waals surface area contributed by atoms with Crippen molar-refractivity contribution in [3.63, 3.8) is 0 Å². The van der Waals surface area contributed by atoms with Gasteiger partial charge in [0.25, 0.3) is 0 Å². The molecule has 0 radical (unpaired) electrons. The third-order valence-electron chi connectivity index (χ3n) is 6.21. The van der Waals surface area contributed by atoms with Gasteiger partial charge < -0.3 is 24.8 Å². The smallest absolute Gasteiger partial charge is 0.140 e. The molecule has 2 aliphatic rings. The summed E-state index contributed by atoms with van der Waals surface area (Å²) in [6.45, 7) is 3.66. The number of nitrogens with one attached hydrogen (secondary N) is 1. The van der Waals surface area contributed by atoms with Gasteiger partial charge in [0.05, 0.1) is 6.04 Å². The van der Waals surface area contributed by atoms with Crippen molar-refractivity contribution in [3.8, 4) is 5.75 Å². The molecule has 2 unspecified atom stereocenters. The molecular weight excluding hydrogens is 390 g/mol. The largest absolute Gasteiger partial charge is 0.487 e. The lowest BCUT2D eigenvalue weighted by Crippen LogP contribution is -2.34. The van der Waals surface area contributed by atoms with Gasteiger partial charge in [-0.3, -0.25) is 0 Å². The number of rotatable bonds is 3. The van der Waals surface area contributed by atoms with Crippen LogP contribution in [-0.4, -0.2) is 44.6 Å². The van der Waals surface area contributed by atoms with Crippen molar-refractivity contribution in [2.24, 2.45) is 0 Å². The second-order valence-electron chi connectivity index (χ2n) is 8.00. The van der Waals surface area contributed by atoms with Gasteiger partial charge in [-0.15, -0.1) is 0 Å². The molecule has 7 heteroatoms. The normalized spacial score (nSPS) is 26.6. The van der Waals surface area contributed by atoms with Crippen LogP contribution in [0.4, 0.5) is 0 Å². The van der Waals surface area contributed by atoms with E-state index >= 15 is 0 Å². The van der Waals surface area contributed by atoms with Crippen LogP contribution in [0.1, 0.15) is 29.2 Å². The lowest BCUT2D eigenvalue weighted by molar-refractivity contribution is -0.0166. The molecule has 1 fully saturated rings. The summed E-state index contributed by atoms with van der Waals surface area (Å²) in [5.74, 6) is 0.683. The van der Waals surface area contributed by atoms with Crippen molar-refractivity contribution in [3.05, 3.63) is 58.4 Å². The molecule has 1 aromatic carbocycles. The highest BCUT2D eigenvalue weighted by atomic mass is 35.5. The summed E-state index contributed by atoms with van der Waals surface area (Å²) in [5, 5.41) is 26.5. The van der Waals surface area contributed by atoms with Gasteiger partial charge in [-0.1, -0.05) is 11.6 Å². The first kappa shape index (κ1) is 18.9. The Labute approximate surface area is 174 Å². The van der Waals surface area contributed by atoms with E-state index in [1.807, 2.05) is 35.9 Å². The minimum absolute atomic E-state index is 0.310. The van der Waals surface area contributed by atoms with Crippen LogP contribution < -0.4 is 10.1 Å². The third kappa shape index (κ3) is 3.20. The molecule has 6 nitrogen and oxygen atoms in total. The van der Waals surface area contributed by atoms with Gasteiger partial charge in [0.1, 0.15) is 29.7 Å². The standard InChI is InChI=1S/C22H24ClN3O3/c1-12-2-6-25-22-15(12)4-7-26(22)17-10-19(21(28)20(17)27)29-18-9-14(23)8-13-3-5-24-11-16(13)18/h2,4,6-9,17,19-21,24,27-28H,3,5,10-11H2,1H3/t17?,19?,20-,21+/m0/s1. The first-order valence-corrected chi connectivity index (χ1v) is 10.4. The maximum Gasteiger partial charge on any atom is 0.140 e. The number of pyridine rings is 1. The van der Waals surface area contributed by atoms with Gasteiger partial charge in [-0.25, -0.2) is 4.98 Å². The Bertz CT molecular complexity index is 1070. The molecule has 2 aromatic heterocycles. The minimum Gasteiger partial charge on any atom is -0.487 e. The monoisotopic (exact) mass is 413 g/mol. The number of ether oxygens (including phenoxy) is 1. The molecule has 0 amide bonds. The molecule has 0 spiro atoms. The summed E-state index contributed by atoms with van der Waals surface area (Å²) >= 11 is 6.30. The van der Waals surface area contributed by atoms with Crippen molar-refractivity contribution < 1.29 is 14.9 Å². The molecule has 5 rings (SSSR count). The SMILES string of the molecule is Cc1ccnc2c1ccn2C1CC(Oc2cc(Cl)cc3c2CNCC3)[C@@H](O)[C@H]1O. The van der Waals surface area contributed by atoms with E-state index in [0.717, 1.165) is 35.1 Å². The lowest BCUT2D eigenvalue weighted by Gasteiger charge is -2.24. The fraction of sp³-hybridized carbons (Fsp3) is 0.409. The molecule has 29 heavy (non-hydrogen) atoms. The zero-order valence-corrected chi connectivity index (χ0v) is 16.9. The fourth-order valence-corrected chi connectivity index (χ4v) is 4.85. The summed E-state index contributed by atoms with van der Waals surface area (Å²) in [6, 6.07) is 7.44. The second kappa shape index (κ2) is 7.29. The molecule has 4 atom stereocenters. The van der Waals surface area contributed by atoms with Crippen LogP contribution in [0.25, 0.3) is 11.0 Å². The zero-order valence-electron chi connectivity index (χ0n) is 16.2. The molecule has 0 saturated heterocycles. The van der Waals surface area contributed by atoms with Crippen molar-refractivity contribution in [2.45, 2.75) is 50.7 Å². The van der Waals surface area contributed by atoms with E-state index in [1.165, 1.54) is 5.56 Å². The molecule has 3 aromatic rings. The third-order valence-corrected chi connectivity index (χ3v) is 6.43. The zero-order chi connectivity index (χ0) is 20.1. The quantitative estimate of drug-likeness (QED) is 0.615. The van der Waals surface area contributed by atoms with Gasteiger partial charge in [0.15, 0.2) is 0 Å². The molecule has 3 N–H and O–H groups in total. The number of hydrogen-bond acceptors (Lipinski definition) is 5. The predicted octanol–water partition coefficient (Wildman–Crippen LogP) is 2.76. The first-order chi connectivity index (χ1) is 14.0. The van der Waals surface area contributed by atoms with Gasteiger partial charge >= 0.3 is 0 Å². The van der Waals surface area contributed by atoms with E-state index in [1.54, 1.807) is 12.3 Å². The Morgan fingerprint density at radius 3 is 2.97 bits per heavy atom. The van der Waals surface area contributed by atoms with Crippen molar-refractivity contribution >= 4 is 22.6 Å². The van der Waals surface area contributed by atoms with E-state index in [-0.39, 0.29) is 6.04 Å². The number of hydrogen-bond donors (Lipinski definition) is 3. The molecule has 1 aliphatic carbocycles. The maximum absolute atomic E-state index is 10.8. The van der Waals surface area contributed by atoms with E-state index in [4.69, 9.17) is 16.3 Å². The summed E-state index contributed by atoms with van der Waals surface area (Å²) in [7, 11) is 0. The van der Waals surface area contributed by atoms with Crippen LogP contribution >= 0.6 is 11.6 Å². The summed E-state index contributed by atoms with van der Waals surface area (Å²) in [4.78, 5) is 4.49. The maximum atomic E-state index is 10.8. The fourth-order valence-electron chi connectivity index (χ4n) is 4.61. The molecule has 152 valence electrons. The molecule has 1 aliphatic heterocycles. The van der Waals surface area contributed by atoms with E-state index in [0.29, 0.717) is 23.7 Å². The summed E-state index contributed by atoms with van der Waals surface area (Å²) in [6.07, 6.45) is 2.62. The highest BCUT2D eigenvalue weighted by Gasteiger charge is 2.44. The van der Waals surface area contributed by atoms with E-state index in [9.17, 15) is 10.2 Å². The molecule has 3 heterocycles. The number of benzene rings is 1. The van der Waals surface area contributed by atoms with E-state index < -0.39 is 18.3 Å². The lowest BCUT2D eigenvalue weighted by atomic mass is 10.00. The highest BCUT2D eigenvalue weighted by Crippen LogP contribution is 2.38. The number of aromatic nitrogens is 2. The van der Waals surface area contributed by atoms with Crippen molar-refractivity contribution in [1.29, 1.82) is 0 Å². The molecule has 1 saturated carbocycles. The van der Waals surface area contributed by atoms with Gasteiger partial charge in [0.2, 0.25) is 0 Å². The van der Waals surface area contributed by atoms with Crippen LogP contribution in [0.3, 0.4) is 0 Å². The first-order valence-electron chi connectivity index (χ1n) is 10.00. The van der Waals surface area contributed by atoms with Gasteiger partial charge in [0, 0.05) is 41.3 Å². The molecular formula is C22H24ClN3O3. The average Bonchev–Trinajstić information content (AvgIpc) is 3.25. The van der Waals surface area contributed by atoms with Crippen LogP contribution in [0.5, 0.6) is 5.75 Å². The summed E-state index contributed by atoms with van der Waals surface area (Å²) < 4.78 is 8.19. The Hall–Kier alpha value is -2.12. The average molecular weight is 414 g/mol. The Morgan fingerprint density at radius 2 is 2.10 bits per heavy atom. The van der Waals surface area contributed by atoms with E-state index in [2.05, 4.69) is 10.3 Å². The Kier molecular flexibility index (Phi) is 4.75. The van der Waals surface area contributed by atoms with Crippen LogP contribution in [0, 0.1) is 6.92 Å². The minimum atomic E-state index is -0.992. The van der Waals surface area contributed by atoms with Gasteiger partial charge in [-0.05, 0) is 55.3 Å². The van der Waals surface area contributed by atoms with Crippen molar-refractivity contribution in [1.82, 2.24) is 14.9 Å². The number of aliphatic hydroxyl groups is 2. The van der Waals surface area contributed by atoms with Gasteiger partial charge in [-0.2, -0.15) is 0 Å². The Morgan fingerprint density at radius 1 is 1.24 bits per heavy atom. The van der Waals surface area contributed by atoms with Crippen LogP contribution in [0.15, 0.2) is 36.7 Å². The van der Waals surface area contributed by atoms with Crippen molar-refractivity contribution in [2.75, 3.05) is 6.54 Å². The number of fused-ring (bicyclic) bond motifs is 2. The second-order valence-corrected chi connectivity index (χ2v) is 8.43. The number of nitrogens with zero attached hydrogens (tertiary/aromatic N) is 2. The summed E-state index contributed by atoms with van der Waals surface area (Å²) in [5.41, 5.74) is 4.19. The number of aliphatic hydroxyl groups excluding tert-OH is 2. The number of aryl methyl sites for hydroxylation is 1.